The molecule has 3 aliphatic rings. The molecular formula is C30H52O4. The number of aliphatic hydroxyl groups excluding tert-OH is 3. The highest BCUT2D eigenvalue weighted by molar-refractivity contribution is 5.36. The van der Waals surface area contributed by atoms with Gasteiger partial charge in [-0.1, -0.05) is 44.9 Å². The average Bonchev–Trinajstić information content (AvgIpc) is 3.12. The molecular weight excluding hydrogens is 424 g/mol. The van der Waals surface area contributed by atoms with E-state index in [1.807, 2.05) is 13.8 Å². The third-order valence-corrected chi connectivity index (χ3v) is 8.73. The van der Waals surface area contributed by atoms with Gasteiger partial charge in [0.05, 0.1) is 11.7 Å². The number of rotatable bonds is 9. The second kappa shape index (κ2) is 13.4. The van der Waals surface area contributed by atoms with Gasteiger partial charge in [-0.05, 0) is 118 Å². The molecule has 0 spiro atoms. The summed E-state index contributed by atoms with van der Waals surface area (Å²) in [6.45, 7) is 11.2. The van der Waals surface area contributed by atoms with E-state index in [1.54, 1.807) is 5.57 Å². The van der Waals surface area contributed by atoms with Gasteiger partial charge in [0.2, 0.25) is 0 Å². The van der Waals surface area contributed by atoms with E-state index in [0.29, 0.717) is 17.8 Å². The summed E-state index contributed by atoms with van der Waals surface area (Å²) >= 11 is 0. The molecule has 0 aromatic carbocycles. The molecule has 4 heteroatoms. The summed E-state index contributed by atoms with van der Waals surface area (Å²) in [6.07, 6.45) is 19.0. The predicted octanol–water partition coefficient (Wildman–Crippen LogP) is 6.10. The number of hydrogen-bond donors (Lipinski definition) is 4. The van der Waals surface area contributed by atoms with Gasteiger partial charge in [-0.3, -0.25) is 0 Å². The summed E-state index contributed by atoms with van der Waals surface area (Å²) in [7, 11) is 0. The minimum atomic E-state index is -0.535. The highest BCUT2D eigenvalue weighted by atomic mass is 16.3. The number of fused-ring (bicyclic) bond motifs is 1. The number of hydrogen-bond acceptors (Lipinski definition) is 4. The van der Waals surface area contributed by atoms with Crippen LogP contribution in [0, 0.1) is 23.2 Å². The van der Waals surface area contributed by atoms with E-state index in [9.17, 15) is 10.2 Å². The fourth-order valence-electron chi connectivity index (χ4n) is 6.64. The first-order chi connectivity index (χ1) is 16.0. The van der Waals surface area contributed by atoms with Crippen molar-refractivity contribution in [2.45, 2.75) is 117 Å². The predicted molar refractivity (Wildman–Crippen MR) is 141 cm³/mol. The first-order valence-corrected chi connectivity index (χ1v) is 13.7. The summed E-state index contributed by atoms with van der Waals surface area (Å²) in [4.78, 5) is 0. The maximum absolute atomic E-state index is 10.2. The average molecular weight is 477 g/mol. The van der Waals surface area contributed by atoms with Crippen LogP contribution in [0.25, 0.3) is 0 Å². The van der Waals surface area contributed by atoms with Crippen molar-refractivity contribution in [1.82, 2.24) is 0 Å². The molecule has 0 aromatic heterocycles. The van der Waals surface area contributed by atoms with Crippen molar-refractivity contribution in [3.8, 4) is 0 Å². The van der Waals surface area contributed by atoms with Gasteiger partial charge in [-0.15, -0.1) is 0 Å². The Morgan fingerprint density at radius 1 is 1.12 bits per heavy atom. The Labute approximate surface area is 208 Å². The largest absolute Gasteiger partial charge is 0.396 e. The molecule has 34 heavy (non-hydrogen) atoms. The monoisotopic (exact) mass is 476 g/mol. The Morgan fingerprint density at radius 2 is 1.82 bits per heavy atom. The molecule has 4 nitrogen and oxygen atoms in total. The summed E-state index contributed by atoms with van der Waals surface area (Å²) in [5.74, 6) is 2.21. The molecule has 0 radical (unpaired) electrons. The van der Waals surface area contributed by atoms with Gasteiger partial charge in [0.15, 0.2) is 0 Å². The summed E-state index contributed by atoms with van der Waals surface area (Å²) in [6, 6.07) is 0. The smallest absolute Gasteiger partial charge is 0.0753 e. The molecule has 0 aliphatic heterocycles. The molecule has 0 saturated heterocycles. The summed E-state index contributed by atoms with van der Waals surface area (Å²) < 4.78 is 0. The molecule has 5 atom stereocenters. The molecule has 3 aliphatic carbocycles. The van der Waals surface area contributed by atoms with E-state index < -0.39 is 5.60 Å². The summed E-state index contributed by atoms with van der Waals surface area (Å²) in [5.41, 5.74) is 3.96. The second-order valence-corrected chi connectivity index (χ2v) is 11.9. The molecule has 0 heterocycles. The molecule has 4 N–H and O–H groups in total. The van der Waals surface area contributed by atoms with Crippen LogP contribution in [0.4, 0.5) is 0 Å². The van der Waals surface area contributed by atoms with Crippen molar-refractivity contribution in [2.75, 3.05) is 13.2 Å². The molecule has 0 bridgehead atoms. The second-order valence-electron chi connectivity index (χ2n) is 11.9. The van der Waals surface area contributed by atoms with Gasteiger partial charge >= 0.3 is 0 Å². The van der Waals surface area contributed by atoms with E-state index in [1.165, 1.54) is 43.3 Å². The van der Waals surface area contributed by atoms with Crippen LogP contribution in [0.2, 0.25) is 0 Å². The highest BCUT2D eigenvalue weighted by Crippen LogP contribution is 2.58. The van der Waals surface area contributed by atoms with Crippen molar-refractivity contribution < 1.29 is 20.4 Å². The van der Waals surface area contributed by atoms with Gasteiger partial charge in [0, 0.05) is 13.2 Å². The maximum atomic E-state index is 10.2. The lowest BCUT2D eigenvalue weighted by molar-refractivity contribution is 0.0613. The Morgan fingerprint density at radius 3 is 2.44 bits per heavy atom. The molecule has 1 saturated carbocycles. The minimum Gasteiger partial charge on any atom is -0.396 e. The van der Waals surface area contributed by atoms with E-state index >= 15 is 0 Å². The van der Waals surface area contributed by atoms with Crippen molar-refractivity contribution in [3.63, 3.8) is 0 Å². The summed E-state index contributed by atoms with van der Waals surface area (Å²) in [5, 5.41) is 36.0. The Bertz CT molecular complexity index is 712. The lowest BCUT2D eigenvalue weighted by Gasteiger charge is -2.43. The highest BCUT2D eigenvalue weighted by Gasteiger charge is 2.49. The molecule has 0 aromatic rings. The first-order valence-electron chi connectivity index (χ1n) is 13.7. The number of allylic oxidation sites excluding steroid dienone is 5. The normalized spacial score (nSPS) is 30.6. The molecule has 196 valence electrons. The molecule has 1 fully saturated rings. The standard InChI is InChI=1S/C27H44O2.C3H8O2/c1-19(9-7-17-26(3,4)29)23-15-16-24-22(11-8-18-27(23,24)5)14-13-21-10-6-12-25(28)20(21)2;4-2-1-3-5/h11,13-14,19,23-25,28-29H,6-10,12,15-18H2,1-5H3;4-5H,1-3H2/b14-13+;/t19-,23?,24?,25?,27?;/m1./s1. The lowest BCUT2D eigenvalue weighted by Crippen LogP contribution is -2.35. The van der Waals surface area contributed by atoms with Crippen LogP contribution >= 0.6 is 0 Å². The quantitative estimate of drug-likeness (QED) is 0.324. The van der Waals surface area contributed by atoms with Crippen LogP contribution in [0.15, 0.2) is 34.9 Å². The van der Waals surface area contributed by atoms with E-state index in [-0.39, 0.29) is 19.3 Å². The topological polar surface area (TPSA) is 80.9 Å². The van der Waals surface area contributed by atoms with Gasteiger partial charge in [0.1, 0.15) is 0 Å². The minimum absolute atomic E-state index is 0.0938. The van der Waals surface area contributed by atoms with E-state index in [0.717, 1.165) is 43.9 Å². The van der Waals surface area contributed by atoms with Crippen LogP contribution in [-0.2, 0) is 0 Å². The van der Waals surface area contributed by atoms with Gasteiger partial charge in [-0.25, -0.2) is 0 Å². The van der Waals surface area contributed by atoms with Gasteiger partial charge < -0.3 is 20.4 Å². The zero-order valence-corrected chi connectivity index (χ0v) is 22.5. The van der Waals surface area contributed by atoms with Crippen molar-refractivity contribution in [1.29, 1.82) is 0 Å². The van der Waals surface area contributed by atoms with Gasteiger partial charge in [-0.2, -0.15) is 0 Å². The lowest BCUT2D eigenvalue weighted by atomic mass is 9.62. The fraction of sp³-hybridized carbons (Fsp3) is 0.800. The van der Waals surface area contributed by atoms with Crippen molar-refractivity contribution in [3.05, 3.63) is 34.9 Å². The maximum Gasteiger partial charge on any atom is 0.0753 e. The molecule has 4 unspecified atom stereocenters. The zero-order chi connectivity index (χ0) is 25.4. The fourth-order valence-corrected chi connectivity index (χ4v) is 6.64. The molecule has 0 amide bonds. The van der Waals surface area contributed by atoms with Crippen LogP contribution in [0.1, 0.15) is 105 Å². The van der Waals surface area contributed by atoms with Crippen LogP contribution in [0.3, 0.4) is 0 Å². The zero-order valence-electron chi connectivity index (χ0n) is 22.5. The SMILES string of the molecule is CC1=C(/C=C/C2=CCCC3(C)C2CCC3[C@H](C)CCCC(C)(C)O)CCCC1O.OCCCO. The van der Waals surface area contributed by atoms with Crippen LogP contribution < -0.4 is 0 Å². The Balaban J connectivity index is 0.000000739. The van der Waals surface area contributed by atoms with Crippen LogP contribution in [0.5, 0.6) is 0 Å². The van der Waals surface area contributed by atoms with Crippen molar-refractivity contribution in [2.24, 2.45) is 23.2 Å². The van der Waals surface area contributed by atoms with Gasteiger partial charge in [0.25, 0.3) is 0 Å². The Kier molecular flexibility index (Phi) is 11.5. The first kappa shape index (κ1) is 29.3. The Hall–Kier alpha value is -0.940. The van der Waals surface area contributed by atoms with E-state index in [4.69, 9.17) is 10.2 Å². The third kappa shape index (κ3) is 8.05. The van der Waals surface area contributed by atoms with Crippen LogP contribution in [-0.4, -0.2) is 45.3 Å². The third-order valence-electron chi connectivity index (χ3n) is 8.73. The molecule has 3 rings (SSSR count). The van der Waals surface area contributed by atoms with E-state index in [2.05, 4.69) is 39.0 Å². The number of aliphatic hydroxyl groups is 4. The van der Waals surface area contributed by atoms with Crippen molar-refractivity contribution >= 4 is 0 Å².